The van der Waals surface area contributed by atoms with Gasteiger partial charge in [-0.15, -0.1) is 0 Å². The van der Waals surface area contributed by atoms with Crippen molar-refractivity contribution in [1.82, 2.24) is 4.90 Å². The molecule has 0 radical (unpaired) electrons. The Bertz CT molecular complexity index is 288. The van der Waals surface area contributed by atoms with Crippen molar-refractivity contribution in [3.05, 3.63) is 0 Å². The van der Waals surface area contributed by atoms with Gasteiger partial charge in [-0.1, -0.05) is 12.1 Å². The average Bonchev–Trinajstić information content (AvgIpc) is 2.37. The van der Waals surface area contributed by atoms with Gasteiger partial charge in [0.15, 0.2) is 0 Å². The standard InChI is InChI=1S/C11H21N3O3/c1-8(10(12)13-16)7-14(2)11(15)9-5-3-4-6-17-9/h8-9,16H,3-7H2,1-2H3,(H2,12,13). The first-order chi connectivity index (χ1) is 8.06. The maximum Gasteiger partial charge on any atom is 0.251 e. The Balaban J connectivity index is 2.45. The van der Waals surface area contributed by atoms with E-state index >= 15 is 0 Å². The first-order valence-electron chi connectivity index (χ1n) is 5.90. The van der Waals surface area contributed by atoms with Crippen LogP contribution in [0.4, 0.5) is 0 Å². The zero-order valence-corrected chi connectivity index (χ0v) is 10.4. The highest BCUT2D eigenvalue weighted by Gasteiger charge is 2.26. The lowest BCUT2D eigenvalue weighted by molar-refractivity contribution is -0.145. The molecule has 0 spiro atoms. The Hall–Kier alpha value is -1.30. The number of carbonyl (C=O) groups is 1. The molecule has 1 fully saturated rings. The van der Waals surface area contributed by atoms with Crippen LogP contribution >= 0.6 is 0 Å². The van der Waals surface area contributed by atoms with Crippen LogP contribution in [0.2, 0.25) is 0 Å². The zero-order chi connectivity index (χ0) is 12.8. The van der Waals surface area contributed by atoms with Crippen molar-refractivity contribution in [2.45, 2.75) is 32.3 Å². The van der Waals surface area contributed by atoms with Crippen LogP contribution in [-0.2, 0) is 9.53 Å². The van der Waals surface area contributed by atoms with Gasteiger partial charge in [-0.2, -0.15) is 0 Å². The van der Waals surface area contributed by atoms with Gasteiger partial charge >= 0.3 is 0 Å². The average molecular weight is 243 g/mol. The highest BCUT2D eigenvalue weighted by Crippen LogP contribution is 2.15. The van der Waals surface area contributed by atoms with Crippen molar-refractivity contribution < 1.29 is 14.7 Å². The smallest absolute Gasteiger partial charge is 0.251 e. The lowest BCUT2D eigenvalue weighted by atomic mass is 10.1. The van der Waals surface area contributed by atoms with E-state index in [9.17, 15) is 4.79 Å². The molecule has 1 amide bonds. The van der Waals surface area contributed by atoms with Crippen LogP contribution in [0.15, 0.2) is 5.16 Å². The number of carbonyl (C=O) groups excluding carboxylic acids is 1. The van der Waals surface area contributed by atoms with Crippen LogP contribution in [-0.4, -0.2) is 48.2 Å². The number of amidine groups is 1. The molecule has 6 heteroatoms. The molecule has 17 heavy (non-hydrogen) atoms. The number of ether oxygens (including phenoxy) is 1. The van der Waals surface area contributed by atoms with Gasteiger partial charge in [-0.3, -0.25) is 4.79 Å². The lowest BCUT2D eigenvalue weighted by Crippen LogP contribution is -2.43. The van der Waals surface area contributed by atoms with Gasteiger partial charge in [0.1, 0.15) is 11.9 Å². The van der Waals surface area contributed by atoms with Gasteiger partial charge in [0, 0.05) is 26.1 Å². The van der Waals surface area contributed by atoms with Crippen LogP contribution in [0, 0.1) is 5.92 Å². The highest BCUT2D eigenvalue weighted by atomic mass is 16.5. The second-order valence-corrected chi connectivity index (χ2v) is 4.50. The monoisotopic (exact) mass is 243 g/mol. The summed E-state index contributed by atoms with van der Waals surface area (Å²) in [4.78, 5) is 13.6. The molecular formula is C11H21N3O3. The molecule has 0 aromatic carbocycles. The van der Waals surface area contributed by atoms with Crippen molar-refractivity contribution >= 4 is 11.7 Å². The normalized spacial score (nSPS) is 23.2. The first kappa shape index (κ1) is 13.8. The van der Waals surface area contributed by atoms with E-state index in [1.54, 1.807) is 18.9 Å². The minimum atomic E-state index is -0.326. The number of rotatable bonds is 4. The second kappa shape index (κ2) is 6.44. The molecule has 2 atom stereocenters. The van der Waals surface area contributed by atoms with Gasteiger partial charge < -0.3 is 20.6 Å². The van der Waals surface area contributed by atoms with Gasteiger partial charge in [0.2, 0.25) is 0 Å². The van der Waals surface area contributed by atoms with E-state index < -0.39 is 0 Å². The summed E-state index contributed by atoms with van der Waals surface area (Å²) in [7, 11) is 1.71. The van der Waals surface area contributed by atoms with E-state index in [-0.39, 0.29) is 23.8 Å². The topological polar surface area (TPSA) is 88.2 Å². The molecule has 3 N–H and O–H groups in total. The largest absolute Gasteiger partial charge is 0.409 e. The molecule has 0 aliphatic carbocycles. The molecule has 0 bridgehead atoms. The number of amides is 1. The number of nitrogens with two attached hydrogens (primary N) is 1. The molecule has 1 heterocycles. The molecule has 0 saturated carbocycles. The molecule has 98 valence electrons. The molecule has 1 rings (SSSR count). The van der Waals surface area contributed by atoms with Gasteiger partial charge in [-0.05, 0) is 19.3 Å². The maximum absolute atomic E-state index is 12.0. The summed E-state index contributed by atoms with van der Waals surface area (Å²) in [6.45, 7) is 2.88. The van der Waals surface area contributed by atoms with Crippen molar-refractivity contribution in [2.75, 3.05) is 20.2 Å². The fraction of sp³-hybridized carbons (Fsp3) is 0.818. The lowest BCUT2D eigenvalue weighted by Gasteiger charge is -2.28. The Morgan fingerprint density at radius 3 is 2.88 bits per heavy atom. The molecule has 6 nitrogen and oxygen atoms in total. The van der Waals surface area contributed by atoms with Crippen molar-refractivity contribution in [3.63, 3.8) is 0 Å². The van der Waals surface area contributed by atoms with Gasteiger partial charge in [0.25, 0.3) is 5.91 Å². The van der Waals surface area contributed by atoms with Gasteiger partial charge in [-0.25, -0.2) is 0 Å². The van der Waals surface area contributed by atoms with Crippen molar-refractivity contribution in [1.29, 1.82) is 0 Å². The zero-order valence-electron chi connectivity index (χ0n) is 10.4. The van der Waals surface area contributed by atoms with Crippen LogP contribution in [0.25, 0.3) is 0 Å². The summed E-state index contributed by atoms with van der Waals surface area (Å²) >= 11 is 0. The molecule has 1 saturated heterocycles. The Kier molecular flexibility index (Phi) is 5.21. The number of hydrogen-bond acceptors (Lipinski definition) is 4. The third-order valence-electron chi connectivity index (χ3n) is 3.00. The minimum Gasteiger partial charge on any atom is -0.409 e. The van der Waals surface area contributed by atoms with E-state index in [2.05, 4.69) is 5.16 Å². The van der Waals surface area contributed by atoms with Crippen LogP contribution in [0.1, 0.15) is 26.2 Å². The number of hydrogen-bond donors (Lipinski definition) is 2. The van der Waals surface area contributed by atoms with Crippen molar-refractivity contribution in [3.8, 4) is 0 Å². The first-order valence-corrected chi connectivity index (χ1v) is 5.90. The van der Waals surface area contributed by atoms with E-state index in [1.165, 1.54) is 0 Å². The fourth-order valence-corrected chi connectivity index (χ4v) is 1.87. The highest BCUT2D eigenvalue weighted by molar-refractivity contribution is 5.84. The predicted molar refractivity (Wildman–Crippen MR) is 63.8 cm³/mol. The van der Waals surface area contributed by atoms with E-state index in [0.717, 1.165) is 19.3 Å². The van der Waals surface area contributed by atoms with Crippen LogP contribution in [0.3, 0.4) is 0 Å². The van der Waals surface area contributed by atoms with E-state index in [4.69, 9.17) is 15.7 Å². The summed E-state index contributed by atoms with van der Waals surface area (Å²) in [6, 6.07) is 0. The number of nitrogens with zero attached hydrogens (tertiary/aromatic N) is 2. The molecular weight excluding hydrogens is 222 g/mol. The summed E-state index contributed by atoms with van der Waals surface area (Å²) < 4.78 is 5.43. The number of oxime groups is 1. The quantitative estimate of drug-likeness (QED) is 0.324. The van der Waals surface area contributed by atoms with Crippen LogP contribution in [0.5, 0.6) is 0 Å². The Morgan fingerprint density at radius 1 is 1.65 bits per heavy atom. The second-order valence-electron chi connectivity index (χ2n) is 4.50. The summed E-state index contributed by atoms with van der Waals surface area (Å²) in [5.41, 5.74) is 5.47. The van der Waals surface area contributed by atoms with E-state index in [0.29, 0.717) is 13.2 Å². The fourth-order valence-electron chi connectivity index (χ4n) is 1.87. The number of likely N-dealkylation sites (N-methyl/N-ethyl adjacent to an activating group) is 1. The van der Waals surface area contributed by atoms with Crippen molar-refractivity contribution in [2.24, 2.45) is 16.8 Å². The molecule has 1 aliphatic heterocycles. The van der Waals surface area contributed by atoms with E-state index in [1.807, 2.05) is 0 Å². The summed E-state index contributed by atoms with van der Waals surface area (Å²) in [5.74, 6) is -0.0611. The summed E-state index contributed by atoms with van der Waals surface area (Å²) in [6.07, 6.45) is 2.50. The third-order valence-corrected chi connectivity index (χ3v) is 3.00. The molecule has 1 aliphatic rings. The van der Waals surface area contributed by atoms with Crippen LogP contribution < -0.4 is 5.73 Å². The predicted octanol–water partition coefficient (Wildman–Crippen LogP) is 0.396. The van der Waals surface area contributed by atoms with Gasteiger partial charge in [0.05, 0.1) is 0 Å². The third kappa shape index (κ3) is 3.89. The summed E-state index contributed by atoms with van der Waals surface area (Å²) in [5, 5.41) is 11.5. The molecule has 0 aromatic rings. The minimum absolute atomic E-state index is 0.0257. The maximum atomic E-state index is 12.0. The Morgan fingerprint density at radius 2 is 2.35 bits per heavy atom. The Labute approximate surface area is 101 Å². The molecule has 0 aromatic heterocycles. The molecule has 2 unspecified atom stereocenters. The SMILES string of the molecule is CC(CN(C)C(=O)C1CCCCO1)C(N)=NO.